The maximum absolute atomic E-state index is 12.8. The van der Waals surface area contributed by atoms with E-state index in [2.05, 4.69) is 27.7 Å². The molecule has 6 heteroatoms. The van der Waals surface area contributed by atoms with Crippen molar-refractivity contribution in [2.24, 2.45) is 5.92 Å². The van der Waals surface area contributed by atoms with Gasteiger partial charge < -0.3 is 14.2 Å². The third-order valence-corrected chi connectivity index (χ3v) is 12.3. The van der Waals surface area contributed by atoms with Crippen LogP contribution >= 0.6 is 0 Å². The zero-order valence-electron chi connectivity index (χ0n) is 40.9. The summed E-state index contributed by atoms with van der Waals surface area (Å²) in [4.78, 5) is 38.0. The van der Waals surface area contributed by atoms with Gasteiger partial charge in [-0.1, -0.05) is 265 Å². The van der Waals surface area contributed by atoms with Crippen molar-refractivity contribution in [3.63, 3.8) is 0 Å². The molecule has 0 radical (unpaired) electrons. The SMILES string of the molecule is CCCCCCCCCCCCCCCCCCC(=O)O[C@H](COC(=O)CCCCCCCCCCCCCCCCC)COC(=O)CCCCCCCCCCC(C)C. The van der Waals surface area contributed by atoms with Crippen LogP contribution in [-0.4, -0.2) is 37.2 Å². The quantitative estimate of drug-likeness (QED) is 0.0345. The highest BCUT2D eigenvalue weighted by Crippen LogP contribution is 2.17. The summed E-state index contributed by atoms with van der Waals surface area (Å²) in [5.74, 6) is -0.0465. The van der Waals surface area contributed by atoms with Gasteiger partial charge in [0.05, 0.1) is 0 Å². The Kier molecular flexibility index (Phi) is 47.2. The van der Waals surface area contributed by atoms with E-state index in [-0.39, 0.29) is 31.1 Å². The fraction of sp³-hybridized carbons (Fsp3) is 0.944. The number of carbonyl (C=O) groups excluding carboxylic acids is 3. The van der Waals surface area contributed by atoms with Gasteiger partial charge in [-0.25, -0.2) is 0 Å². The molecule has 0 aromatic carbocycles. The van der Waals surface area contributed by atoms with Crippen LogP contribution in [0.15, 0.2) is 0 Å². The van der Waals surface area contributed by atoms with Gasteiger partial charge in [0.25, 0.3) is 0 Å². The van der Waals surface area contributed by atoms with Crippen molar-refractivity contribution in [2.75, 3.05) is 13.2 Å². The Morgan fingerprint density at radius 2 is 0.550 bits per heavy atom. The molecule has 0 bridgehead atoms. The largest absolute Gasteiger partial charge is 0.462 e. The molecular weight excluding hydrogens is 745 g/mol. The summed E-state index contributed by atoms with van der Waals surface area (Å²) >= 11 is 0. The molecule has 60 heavy (non-hydrogen) atoms. The van der Waals surface area contributed by atoms with Crippen LogP contribution in [0.5, 0.6) is 0 Å². The first-order valence-electron chi connectivity index (χ1n) is 26.9. The van der Waals surface area contributed by atoms with Gasteiger partial charge in [0.15, 0.2) is 6.10 Å². The minimum Gasteiger partial charge on any atom is -0.462 e. The standard InChI is InChI=1S/C54H104O6/c1-5-7-9-11-13-15-17-19-21-23-25-27-29-35-39-43-47-54(57)60-51(49-59-53(56)46-42-38-34-31-30-32-36-40-44-50(3)4)48-58-52(55)45-41-37-33-28-26-24-22-20-18-16-14-12-10-8-6-2/h50-51H,5-49H2,1-4H3/t51-/m1/s1. The minimum atomic E-state index is -0.761. The third-order valence-electron chi connectivity index (χ3n) is 12.3. The first kappa shape index (κ1) is 58.4. The molecule has 0 spiro atoms. The highest BCUT2D eigenvalue weighted by molar-refractivity contribution is 5.71. The number of esters is 3. The van der Waals surface area contributed by atoms with E-state index >= 15 is 0 Å². The Morgan fingerprint density at radius 1 is 0.317 bits per heavy atom. The smallest absolute Gasteiger partial charge is 0.306 e. The van der Waals surface area contributed by atoms with E-state index in [9.17, 15) is 14.4 Å². The maximum Gasteiger partial charge on any atom is 0.306 e. The zero-order chi connectivity index (χ0) is 43.8. The average Bonchev–Trinajstić information content (AvgIpc) is 3.23. The zero-order valence-corrected chi connectivity index (χ0v) is 40.9. The molecule has 0 saturated carbocycles. The Balaban J connectivity index is 4.29. The average molecular weight is 849 g/mol. The lowest BCUT2D eigenvalue weighted by molar-refractivity contribution is -0.167. The van der Waals surface area contributed by atoms with Gasteiger partial charge in [0.2, 0.25) is 0 Å². The van der Waals surface area contributed by atoms with Crippen LogP contribution in [0, 0.1) is 5.92 Å². The summed E-state index contributed by atoms with van der Waals surface area (Å²) in [6.45, 7) is 9.01. The van der Waals surface area contributed by atoms with Crippen molar-refractivity contribution in [3.05, 3.63) is 0 Å². The number of rotatable bonds is 49. The second-order valence-electron chi connectivity index (χ2n) is 19.0. The lowest BCUT2D eigenvalue weighted by atomic mass is 10.0. The van der Waals surface area contributed by atoms with Gasteiger partial charge >= 0.3 is 17.9 Å². The molecule has 0 N–H and O–H groups in total. The molecule has 0 aromatic heterocycles. The molecule has 0 saturated heterocycles. The molecule has 6 nitrogen and oxygen atoms in total. The summed E-state index contributed by atoms with van der Waals surface area (Å²) in [5, 5.41) is 0. The Labute approximate surface area is 374 Å². The molecule has 0 unspecified atom stereocenters. The van der Waals surface area contributed by atoms with Crippen LogP contribution in [-0.2, 0) is 28.6 Å². The Bertz CT molecular complexity index is 903. The highest BCUT2D eigenvalue weighted by Gasteiger charge is 2.19. The fourth-order valence-electron chi connectivity index (χ4n) is 8.22. The van der Waals surface area contributed by atoms with Gasteiger partial charge in [-0.2, -0.15) is 0 Å². The monoisotopic (exact) mass is 849 g/mol. The van der Waals surface area contributed by atoms with E-state index in [0.717, 1.165) is 63.7 Å². The minimum absolute atomic E-state index is 0.0628. The van der Waals surface area contributed by atoms with Crippen LogP contribution < -0.4 is 0 Å². The second-order valence-corrected chi connectivity index (χ2v) is 19.0. The summed E-state index contributed by atoms with van der Waals surface area (Å²) in [5.41, 5.74) is 0. The van der Waals surface area contributed by atoms with Crippen molar-refractivity contribution in [2.45, 2.75) is 310 Å². The van der Waals surface area contributed by atoms with Crippen molar-refractivity contribution < 1.29 is 28.6 Å². The normalized spacial score (nSPS) is 11.9. The van der Waals surface area contributed by atoms with Crippen molar-refractivity contribution in [1.82, 2.24) is 0 Å². The lowest BCUT2D eigenvalue weighted by Crippen LogP contribution is -2.30. The predicted octanol–water partition coefficient (Wildman–Crippen LogP) is 17.5. The van der Waals surface area contributed by atoms with E-state index in [1.807, 2.05) is 0 Å². The van der Waals surface area contributed by atoms with Gasteiger partial charge in [-0.3, -0.25) is 14.4 Å². The summed E-state index contributed by atoms with van der Waals surface area (Å²) in [6, 6.07) is 0. The van der Waals surface area contributed by atoms with Crippen molar-refractivity contribution in [3.8, 4) is 0 Å². The van der Waals surface area contributed by atoms with Crippen LogP contribution in [0.3, 0.4) is 0 Å². The van der Waals surface area contributed by atoms with Crippen molar-refractivity contribution >= 4 is 17.9 Å². The second kappa shape index (κ2) is 48.4. The lowest BCUT2D eigenvalue weighted by Gasteiger charge is -2.18. The molecule has 0 heterocycles. The molecule has 1 atom stereocenters. The Hall–Kier alpha value is -1.59. The van der Waals surface area contributed by atoms with Gasteiger partial charge in [-0.05, 0) is 25.2 Å². The van der Waals surface area contributed by atoms with E-state index in [0.29, 0.717) is 19.3 Å². The summed E-state index contributed by atoms with van der Waals surface area (Å²) in [6.07, 6.45) is 50.9. The summed E-state index contributed by atoms with van der Waals surface area (Å²) < 4.78 is 16.8. The summed E-state index contributed by atoms with van der Waals surface area (Å²) in [7, 11) is 0. The van der Waals surface area contributed by atoms with E-state index < -0.39 is 6.10 Å². The topological polar surface area (TPSA) is 78.9 Å². The fourth-order valence-corrected chi connectivity index (χ4v) is 8.22. The van der Waals surface area contributed by atoms with Gasteiger partial charge in [0, 0.05) is 19.3 Å². The molecule has 0 rings (SSSR count). The number of hydrogen-bond donors (Lipinski definition) is 0. The highest BCUT2D eigenvalue weighted by atomic mass is 16.6. The molecule has 0 amide bonds. The number of hydrogen-bond acceptors (Lipinski definition) is 6. The van der Waals surface area contributed by atoms with Gasteiger partial charge in [0.1, 0.15) is 13.2 Å². The molecule has 0 fully saturated rings. The van der Waals surface area contributed by atoms with Crippen LogP contribution in [0.2, 0.25) is 0 Å². The van der Waals surface area contributed by atoms with Crippen LogP contribution in [0.1, 0.15) is 304 Å². The van der Waals surface area contributed by atoms with Crippen molar-refractivity contribution in [1.29, 1.82) is 0 Å². The number of ether oxygens (including phenoxy) is 3. The van der Waals surface area contributed by atoms with Gasteiger partial charge in [-0.15, -0.1) is 0 Å². The molecule has 356 valence electrons. The molecule has 0 aliphatic rings. The first-order valence-corrected chi connectivity index (χ1v) is 26.9. The number of unbranched alkanes of at least 4 members (excludes halogenated alkanes) is 36. The molecule has 0 aliphatic carbocycles. The molecular formula is C54H104O6. The third kappa shape index (κ3) is 47.5. The number of carbonyl (C=O) groups is 3. The molecule has 0 aromatic rings. The first-order chi connectivity index (χ1) is 29.4. The van der Waals surface area contributed by atoms with Crippen LogP contribution in [0.25, 0.3) is 0 Å². The Morgan fingerprint density at radius 3 is 0.817 bits per heavy atom. The maximum atomic E-state index is 12.8. The van der Waals surface area contributed by atoms with E-state index in [1.54, 1.807) is 0 Å². The van der Waals surface area contributed by atoms with E-state index in [4.69, 9.17) is 14.2 Å². The van der Waals surface area contributed by atoms with Crippen LogP contribution in [0.4, 0.5) is 0 Å². The predicted molar refractivity (Wildman–Crippen MR) is 257 cm³/mol. The van der Waals surface area contributed by atoms with E-state index in [1.165, 1.54) is 199 Å². The molecule has 0 aliphatic heterocycles.